The number of benzene rings is 1. The molecule has 21 heavy (non-hydrogen) atoms. The zero-order valence-corrected chi connectivity index (χ0v) is 12.4. The molecule has 0 spiro atoms. The number of halogens is 1. The maximum atomic E-state index is 12.5. The lowest BCUT2D eigenvalue weighted by atomic mass is 10.0. The molecule has 1 atom stereocenters. The first-order valence-corrected chi connectivity index (χ1v) is 7.18. The predicted octanol–water partition coefficient (Wildman–Crippen LogP) is 1.08. The number of carbonyl (C=O) groups excluding carboxylic acids is 3. The van der Waals surface area contributed by atoms with Crippen molar-refractivity contribution < 1.29 is 14.4 Å². The third-order valence-corrected chi connectivity index (χ3v) is 4.42. The van der Waals surface area contributed by atoms with Crippen LogP contribution >= 0.6 is 15.9 Å². The smallest absolute Gasteiger partial charge is 0.256 e. The van der Waals surface area contributed by atoms with E-state index in [0.717, 1.165) is 5.56 Å². The Morgan fingerprint density at radius 2 is 2.10 bits per heavy atom. The molecule has 106 valence electrons. The summed E-state index contributed by atoms with van der Waals surface area (Å²) in [7, 11) is 0. The van der Waals surface area contributed by atoms with Gasteiger partial charge in [0.05, 0.1) is 11.1 Å². The van der Waals surface area contributed by atoms with Crippen LogP contribution in [0.5, 0.6) is 0 Å². The molecule has 2 aliphatic heterocycles. The first kappa shape index (κ1) is 13.8. The van der Waals surface area contributed by atoms with Gasteiger partial charge in [-0.1, -0.05) is 6.07 Å². The Labute approximate surface area is 128 Å². The van der Waals surface area contributed by atoms with E-state index in [1.807, 2.05) is 6.07 Å². The minimum atomic E-state index is -0.659. The maximum Gasteiger partial charge on any atom is 0.256 e. The molecule has 1 saturated heterocycles. The van der Waals surface area contributed by atoms with Gasteiger partial charge in [0.2, 0.25) is 11.8 Å². The second-order valence-corrected chi connectivity index (χ2v) is 5.82. The van der Waals surface area contributed by atoms with E-state index in [-0.39, 0.29) is 30.3 Å². The van der Waals surface area contributed by atoms with Crippen molar-refractivity contribution >= 4 is 33.7 Å². The van der Waals surface area contributed by atoms with Gasteiger partial charge in [-0.15, -0.1) is 0 Å². The molecule has 7 heteroatoms. The summed E-state index contributed by atoms with van der Waals surface area (Å²) in [6.45, 7) is 0.280. The molecule has 3 rings (SSSR count). The third kappa shape index (κ3) is 2.12. The quantitative estimate of drug-likeness (QED) is 0.769. The van der Waals surface area contributed by atoms with Gasteiger partial charge in [0.25, 0.3) is 5.91 Å². The lowest BCUT2D eigenvalue weighted by Crippen LogP contribution is -2.52. The molecule has 0 saturated carbocycles. The number of nitrogens with one attached hydrogen (secondary N) is 1. The molecule has 2 heterocycles. The second-order valence-electron chi connectivity index (χ2n) is 4.97. The lowest BCUT2D eigenvalue weighted by molar-refractivity contribution is -0.136. The van der Waals surface area contributed by atoms with Gasteiger partial charge in [0.1, 0.15) is 12.1 Å². The van der Waals surface area contributed by atoms with E-state index in [1.165, 1.54) is 4.90 Å². The van der Waals surface area contributed by atoms with Crippen LogP contribution in [0.1, 0.15) is 34.3 Å². The van der Waals surface area contributed by atoms with Crippen LogP contribution in [-0.2, 0) is 16.1 Å². The van der Waals surface area contributed by atoms with Crippen LogP contribution in [0.15, 0.2) is 16.6 Å². The van der Waals surface area contributed by atoms with Crippen molar-refractivity contribution in [2.45, 2.75) is 25.4 Å². The van der Waals surface area contributed by atoms with Crippen LogP contribution in [0.4, 0.5) is 0 Å². The Bertz CT molecular complexity index is 723. The van der Waals surface area contributed by atoms with Crippen molar-refractivity contribution in [1.82, 2.24) is 10.2 Å². The standard InChI is InChI=1S/C14H10BrN3O3/c15-9-2-1-7-6-18(14(21)12(7)8(9)5-16)10-3-4-11(19)17-13(10)20/h1-2,10H,3-4,6H2,(H,17,19,20). The minimum absolute atomic E-state index is 0.214. The fourth-order valence-corrected chi connectivity index (χ4v) is 3.15. The van der Waals surface area contributed by atoms with Crippen molar-refractivity contribution in [1.29, 1.82) is 5.26 Å². The average molecular weight is 348 g/mol. The number of fused-ring (bicyclic) bond motifs is 1. The van der Waals surface area contributed by atoms with Gasteiger partial charge in [0.15, 0.2) is 0 Å². The number of piperidine rings is 1. The van der Waals surface area contributed by atoms with Crippen LogP contribution < -0.4 is 5.32 Å². The summed E-state index contributed by atoms with van der Waals surface area (Å²) in [6, 6.07) is 4.85. The van der Waals surface area contributed by atoms with Gasteiger partial charge in [-0.05, 0) is 34.0 Å². The van der Waals surface area contributed by atoms with E-state index in [4.69, 9.17) is 0 Å². The number of hydrogen-bond donors (Lipinski definition) is 1. The molecule has 3 amide bonds. The molecule has 1 unspecified atom stereocenters. The first-order chi connectivity index (χ1) is 10.0. The van der Waals surface area contributed by atoms with Crippen molar-refractivity contribution in [3.63, 3.8) is 0 Å². The van der Waals surface area contributed by atoms with E-state index in [1.54, 1.807) is 12.1 Å². The topological polar surface area (TPSA) is 90.3 Å². The molecule has 1 N–H and O–H groups in total. The maximum absolute atomic E-state index is 12.5. The average Bonchev–Trinajstić information content (AvgIpc) is 2.77. The molecule has 1 aromatic rings. The van der Waals surface area contributed by atoms with Crippen LogP contribution in [0.2, 0.25) is 0 Å². The Hall–Kier alpha value is -2.20. The molecule has 2 aliphatic rings. The Kier molecular flexibility index (Phi) is 3.26. The number of amides is 3. The highest BCUT2D eigenvalue weighted by molar-refractivity contribution is 9.10. The molecular formula is C14H10BrN3O3. The monoisotopic (exact) mass is 347 g/mol. The number of imide groups is 1. The Morgan fingerprint density at radius 3 is 2.76 bits per heavy atom. The van der Waals surface area contributed by atoms with E-state index in [9.17, 15) is 19.6 Å². The van der Waals surface area contributed by atoms with Gasteiger partial charge in [-0.25, -0.2) is 0 Å². The number of nitriles is 1. The summed E-state index contributed by atoms with van der Waals surface area (Å²) in [4.78, 5) is 37.1. The minimum Gasteiger partial charge on any atom is -0.322 e. The molecule has 0 aliphatic carbocycles. The van der Waals surface area contributed by atoms with Crippen molar-refractivity contribution in [2.24, 2.45) is 0 Å². The highest BCUT2D eigenvalue weighted by Gasteiger charge is 2.40. The van der Waals surface area contributed by atoms with Gasteiger partial charge >= 0.3 is 0 Å². The lowest BCUT2D eigenvalue weighted by Gasteiger charge is -2.29. The zero-order valence-electron chi connectivity index (χ0n) is 10.9. The zero-order chi connectivity index (χ0) is 15.1. The van der Waals surface area contributed by atoms with Gasteiger partial charge in [-0.2, -0.15) is 5.26 Å². The van der Waals surface area contributed by atoms with E-state index >= 15 is 0 Å². The molecule has 1 aromatic carbocycles. The molecule has 0 radical (unpaired) electrons. The molecular weight excluding hydrogens is 338 g/mol. The number of carbonyl (C=O) groups is 3. The SMILES string of the molecule is N#Cc1c(Br)ccc2c1C(=O)N(C1CCC(=O)NC1=O)C2. The summed E-state index contributed by atoms with van der Waals surface area (Å²) in [5.74, 6) is -1.11. The Morgan fingerprint density at radius 1 is 1.33 bits per heavy atom. The largest absolute Gasteiger partial charge is 0.322 e. The van der Waals surface area contributed by atoms with Crippen LogP contribution in [0.25, 0.3) is 0 Å². The third-order valence-electron chi connectivity index (χ3n) is 3.75. The van der Waals surface area contributed by atoms with Gasteiger partial charge in [-0.3, -0.25) is 19.7 Å². The van der Waals surface area contributed by atoms with Crippen molar-refractivity contribution in [3.8, 4) is 6.07 Å². The van der Waals surface area contributed by atoms with Crippen LogP contribution in [0, 0.1) is 11.3 Å². The number of nitrogens with zero attached hydrogens (tertiary/aromatic N) is 2. The predicted molar refractivity (Wildman–Crippen MR) is 74.9 cm³/mol. The summed E-state index contributed by atoms with van der Waals surface area (Å²) in [5.41, 5.74) is 1.35. The second kappa shape index (κ2) is 4.97. The normalized spacial score (nSPS) is 21.0. The van der Waals surface area contributed by atoms with Gasteiger partial charge in [0, 0.05) is 17.4 Å². The molecule has 1 fully saturated rings. The van der Waals surface area contributed by atoms with Crippen LogP contribution in [-0.4, -0.2) is 28.7 Å². The van der Waals surface area contributed by atoms with Crippen LogP contribution in [0.3, 0.4) is 0 Å². The highest BCUT2D eigenvalue weighted by Crippen LogP contribution is 2.32. The van der Waals surface area contributed by atoms with E-state index in [2.05, 4.69) is 21.2 Å². The van der Waals surface area contributed by atoms with Gasteiger partial charge < -0.3 is 4.90 Å². The molecule has 0 bridgehead atoms. The van der Waals surface area contributed by atoms with Crippen molar-refractivity contribution in [3.05, 3.63) is 33.3 Å². The molecule has 6 nitrogen and oxygen atoms in total. The fourth-order valence-electron chi connectivity index (χ4n) is 2.74. The van der Waals surface area contributed by atoms with Crippen molar-refractivity contribution in [2.75, 3.05) is 0 Å². The summed E-state index contributed by atoms with van der Waals surface area (Å²) in [5, 5.41) is 11.5. The summed E-state index contributed by atoms with van der Waals surface area (Å²) >= 11 is 3.26. The highest BCUT2D eigenvalue weighted by atomic mass is 79.9. The summed E-state index contributed by atoms with van der Waals surface area (Å²) < 4.78 is 0.558. The van der Waals surface area contributed by atoms with E-state index in [0.29, 0.717) is 16.5 Å². The fraction of sp³-hybridized carbons (Fsp3) is 0.286. The van der Waals surface area contributed by atoms with E-state index < -0.39 is 11.9 Å². The molecule has 0 aromatic heterocycles. The summed E-state index contributed by atoms with van der Waals surface area (Å²) in [6.07, 6.45) is 0.527. The number of rotatable bonds is 1. The number of hydrogen-bond acceptors (Lipinski definition) is 4. The Balaban J connectivity index is 1.96. The first-order valence-electron chi connectivity index (χ1n) is 6.39.